The van der Waals surface area contributed by atoms with Crippen LogP contribution in [0.4, 0.5) is 0 Å². The minimum atomic E-state index is -3.83. The maximum absolute atomic E-state index is 13.6. The highest BCUT2D eigenvalue weighted by Gasteiger charge is 2.35. The number of sulfone groups is 1. The van der Waals surface area contributed by atoms with E-state index in [0.29, 0.717) is 28.1 Å². The van der Waals surface area contributed by atoms with Crippen LogP contribution in [0.1, 0.15) is 30.2 Å². The maximum Gasteiger partial charge on any atom is 0.213 e. The number of benzene rings is 1. The van der Waals surface area contributed by atoms with Crippen LogP contribution < -0.4 is 4.74 Å². The molecule has 0 saturated carbocycles. The fourth-order valence-electron chi connectivity index (χ4n) is 3.83. The molecular weight excluding hydrogens is 504 g/mol. The summed E-state index contributed by atoms with van der Waals surface area (Å²) in [6, 6.07) is 12.3. The van der Waals surface area contributed by atoms with E-state index in [1.165, 1.54) is 26.6 Å². The Labute approximate surface area is 214 Å². The number of halogens is 1. The summed E-state index contributed by atoms with van der Waals surface area (Å²) in [5.74, 6) is 0.745. The summed E-state index contributed by atoms with van der Waals surface area (Å²) >= 11 is 6.59. The number of aromatic nitrogens is 6. The lowest BCUT2D eigenvalue weighted by molar-refractivity contribution is 0.0948. The van der Waals surface area contributed by atoms with E-state index in [1.54, 1.807) is 41.8 Å². The Morgan fingerprint density at radius 1 is 1.03 bits per heavy atom. The van der Waals surface area contributed by atoms with Crippen molar-refractivity contribution in [2.75, 3.05) is 14.2 Å². The molecule has 0 aliphatic heterocycles. The average molecular weight is 529 g/mol. The molecule has 10 nitrogen and oxygen atoms in total. The Kier molecular flexibility index (Phi) is 7.62. The molecule has 0 amide bonds. The summed E-state index contributed by atoms with van der Waals surface area (Å²) in [6.07, 6.45) is 2.21. The zero-order valence-electron chi connectivity index (χ0n) is 20.2. The molecule has 188 valence electrons. The van der Waals surface area contributed by atoms with Crippen molar-refractivity contribution in [2.45, 2.75) is 31.0 Å². The second-order valence-electron chi connectivity index (χ2n) is 8.02. The molecule has 0 saturated heterocycles. The van der Waals surface area contributed by atoms with Gasteiger partial charge in [0.05, 0.1) is 23.1 Å². The number of nitrogens with zero attached hydrogens (tertiary/aromatic N) is 6. The van der Waals surface area contributed by atoms with Gasteiger partial charge in [-0.1, -0.05) is 29.8 Å². The topological polar surface area (TPSA) is 122 Å². The van der Waals surface area contributed by atoms with E-state index >= 15 is 0 Å². The van der Waals surface area contributed by atoms with Crippen molar-refractivity contribution in [2.24, 2.45) is 0 Å². The third-order valence-corrected chi connectivity index (χ3v) is 8.07. The van der Waals surface area contributed by atoms with E-state index in [2.05, 4.69) is 25.1 Å². The molecule has 4 rings (SSSR count). The number of ether oxygens (including phenoxy) is 2. The first kappa shape index (κ1) is 25.7. The minimum absolute atomic E-state index is 0.182. The fraction of sp³-hybridized carbons (Fsp3) is 0.292. The Morgan fingerprint density at radius 3 is 2.42 bits per heavy atom. The van der Waals surface area contributed by atoms with Gasteiger partial charge in [-0.05, 0) is 37.6 Å². The monoisotopic (exact) mass is 528 g/mol. The van der Waals surface area contributed by atoms with Crippen LogP contribution in [0.2, 0.25) is 5.02 Å². The number of rotatable bonds is 9. The Balaban J connectivity index is 1.82. The first-order valence-corrected chi connectivity index (χ1v) is 13.1. The van der Waals surface area contributed by atoms with Crippen molar-refractivity contribution in [1.82, 2.24) is 29.7 Å². The summed E-state index contributed by atoms with van der Waals surface area (Å²) in [5.41, 5.74) is 1.83. The van der Waals surface area contributed by atoms with Gasteiger partial charge >= 0.3 is 0 Å². The van der Waals surface area contributed by atoms with Crippen LogP contribution >= 0.6 is 11.6 Å². The molecule has 0 radical (unpaired) electrons. The van der Waals surface area contributed by atoms with Gasteiger partial charge in [0.2, 0.25) is 5.88 Å². The molecule has 0 fully saturated rings. The van der Waals surface area contributed by atoms with E-state index in [4.69, 9.17) is 21.1 Å². The average Bonchev–Trinajstić information content (AvgIpc) is 3.27. The normalized spacial score (nSPS) is 13.4. The summed E-state index contributed by atoms with van der Waals surface area (Å²) in [5, 5.41) is 8.00. The van der Waals surface area contributed by atoms with Crippen LogP contribution in [0.25, 0.3) is 17.2 Å². The smallest absolute Gasteiger partial charge is 0.213 e. The highest BCUT2D eigenvalue weighted by molar-refractivity contribution is 7.91. The molecule has 12 heteroatoms. The predicted octanol–water partition coefficient (Wildman–Crippen LogP) is 3.78. The molecule has 0 spiro atoms. The van der Waals surface area contributed by atoms with Gasteiger partial charge in [0, 0.05) is 25.6 Å². The largest absolute Gasteiger partial charge is 0.481 e. The van der Waals surface area contributed by atoms with Crippen LogP contribution in [-0.2, 0) is 20.3 Å². The second-order valence-corrected chi connectivity index (χ2v) is 10.8. The SMILES string of the molecule is COc1cccc(-c2nnc(CS(=O)(=O)[C@@H](C)[C@H](OC)c3ncccn3)n2-c2c(C)cccc2Cl)n1. The van der Waals surface area contributed by atoms with Gasteiger partial charge in [0.25, 0.3) is 0 Å². The van der Waals surface area contributed by atoms with Crippen molar-refractivity contribution >= 4 is 21.4 Å². The maximum atomic E-state index is 13.6. The van der Waals surface area contributed by atoms with Gasteiger partial charge < -0.3 is 9.47 Å². The summed E-state index contributed by atoms with van der Waals surface area (Å²) in [6.45, 7) is 3.43. The standard InChI is InChI=1S/C24H25ClN6O4S/c1-15-8-5-9-17(25)21(15)31-19(29-30-24(31)18-10-6-11-20(28-18)34-3)14-36(32,33)16(2)22(35-4)23-26-12-7-13-27-23/h5-13,16,22H,14H2,1-4H3/t16-,22-/m0/s1. The van der Waals surface area contributed by atoms with Crippen LogP contribution in [0.3, 0.4) is 0 Å². The van der Waals surface area contributed by atoms with Gasteiger partial charge in [-0.25, -0.2) is 23.4 Å². The number of hydrogen-bond acceptors (Lipinski definition) is 9. The predicted molar refractivity (Wildman–Crippen MR) is 135 cm³/mol. The van der Waals surface area contributed by atoms with E-state index in [1.807, 2.05) is 19.1 Å². The highest BCUT2D eigenvalue weighted by atomic mass is 35.5. The second kappa shape index (κ2) is 10.7. The number of hydrogen-bond donors (Lipinski definition) is 0. The molecule has 2 atom stereocenters. The molecule has 0 bridgehead atoms. The van der Waals surface area contributed by atoms with Crippen LogP contribution in [-0.4, -0.2) is 57.6 Å². The highest BCUT2D eigenvalue weighted by Crippen LogP contribution is 2.32. The van der Waals surface area contributed by atoms with Gasteiger partial charge in [0.15, 0.2) is 27.3 Å². The van der Waals surface area contributed by atoms with Crippen LogP contribution in [0.5, 0.6) is 5.88 Å². The number of methoxy groups -OCH3 is 2. The fourth-order valence-corrected chi connectivity index (χ4v) is 5.56. The van der Waals surface area contributed by atoms with Crippen molar-refractivity contribution in [3.63, 3.8) is 0 Å². The lowest BCUT2D eigenvalue weighted by Crippen LogP contribution is -2.30. The first-order chi connectivity index (χ1) is 17.3. The molecule has 3 heterocycles. The zero-order valence-corrected chi connectivity index (χ0v) is 21.7. The van der Waals surface area contributed by atoms with E-state index in [0.717, 1.165) is 5.56 Å². The molecule has 0 aliphatic carbocycles. The number of pyridine rings is 1. The van der Waals surface area contributed by atoms with Gasteiger partial charge in [-0.2, -0.15) is 0 Å². The summed E-state index contributed by atoms with van der Waals surface area (Å²) < 4.78 is 39.5. The van der Waals surface area contributed by atoms with Gasteiger partial charge in [-0.3, -0.25) is 4.57 Å². The Morgan fingerprint density at radius 2 is 1.75 bits per heavy atom. The number of aryl methyl sites for hydroxylation is 1. The van der Waals surface area contributed by atoms with E-state index in [-0.39, 0.29) is 11.6 Å². The van der Waals surface area contributed by atoms with E-state index < -0.39 is 26.9 Å². The van der Waals surface area contributed by atoms with Crippen molar-refractivity contribution in [1.29, 1.82) is 0 Å². The zero-order chi connectivity index (χ0) is 25.9. The molecule has 1 aromatic carbocycles. The molecule has 4 aromatic rings. The van der Waals surface area contributed by atoms with E-state index in [9.17, 15) is 8.42 Å². The molecule has 0 N–H and O–H groups in total. The lowest BCUT2D eigenvalue weighted by Gasteiger charge is -2.22. The van der Waals surface area contributed by atoms with Crippen molar-refractivity contribution in [3.05, 3.63) is 77.1 Å². The molecule has 0 aliphatic rings. The van der Waals surface area contributed by atoms with Gasteiger partial charge in [0.1, 0.15) is 17.6 Å². The molecule has 3 aromatic heterocycles. The lowest BCUT2D eigenvalue weighted by atomic mass is 10.2. The van der Waals surface area contributed by atoms with Gasteiger partial charge in [-0.15, -0.1) is 10.2 Å². The van der Waals surface area contributed by atoms with Crippen LogP contribution in [0, 0.1) is 6.92 Å². The third kappa shape index (κ3) is 5.08. The molecule has 36 heavy (non-hydrogen) atoms. The summed E-state index contributed by atoms with van der Waals surface area (Å²) in [4.78, 5) is 12.8. The summed E-state index contributed by atoms with van der Waals surface area (Å²) in [7, 11) is -0.890. The molecule has 0 unspecified atom stereocenters. The number of para-hydroxylation sites is 1. The minimum Gasteiger partial charge on any atom is -0.481 e. The quantitative estimate of drug-likeness (QED) is 0.319. The Hall–Kier alpha value is -3.41. The van der Waals surface area contributed by atoms with Crippen molar-refractivity contribution < 1.29 is 17.9 Å². The third-order valence-electron chi connectivity index (χ3n) is 5.72. The first-order valence-electron chi connectivity index (χ1n) is 11.0. The Bertz CT molecular complexity index is 1440. The molecular formula is C24H25ClN6O4S. The van der Waals surface area contributed by atoms with Crippen molar-refractivity contribution in [3.8, 4) is 23.1 Å². The van der Waals surface area contributed by atoms with Crippen LogP contribution in [0.15, 0.2) is 54.9 Å².